The first-order chi connectivity index (χ1) is 18.3. The summed E-state index contributed by atoms with van der Waals surface area (Å²) in [6, 6.07) is 16.7. The molecule has 1 aromatic carbocycles. The monoisotopic (exact) mass is 496 g/mol. The number of aliphatic imine (C=N–C) groups is 1. The van der Waals surface area contributed by atoms with E-state index in [1.807, 2.05) is 36.9 Å². The maximum Gasteiger partial charge on any atom is 0.201 e. The van der Waals surface area contributed by atoms with E-state index >= 15 is 0 Å². The van der Waals surface area contributed by atoms with Gasteiger partial charge in [-0.05, 0) is 60.7 Å². The first kappa shape index (κ1) is 23.5. The summed E-state index contributed by atoms with van der Waals surface area (Å²) in [4.78, 5) is 18.1. The van der Waals surface area contributed by atoms with Crippen molar-refractivity contribution in [3.8, 4) is 5.75 Å². The highest BCUT2D eigenvalue weighted by atomic mass is 16.5. The summed E-state index contributed by atoms with van der Waals surface area (Å²) in [5.41, 5.74) is 4.86. The lowest BCUT2D eigenvalue weighted by Crippen LogP contribution is -2.50. The van der Waals surface area contributed by atoms with Crippen LogP contribution in [0.2, 0.25) is 0 Å². The second-order valence-electron chi connectivity index (χ2n) is 9.45. The SMILES string of the molecule is c1cncc(CCCOc2cccc(C3NC(N4CCOCC4)=NC4=C3CCN4c3ccncc3)c2)c1. The molecule has 0 radical (unpaired) electrons. The molecule has 3 aromatic rings. The third-order valence-electron chi connectivity index (χ3n) is 7.06. The number of nitrogens with one attached hydrogen (secondary N) is 1. The smallest absolute Gasteiger partial charge is 0.201 e. The van der Waals surface area contributed by atoms with Crippen molar-refractivity contribution in [2.45, 2.75) is 25.3 Å². The van der Waals surface area contributed by atoms with E-state index in [1.165, 1.54) is 16.7 Å². The molecule has 3 aliphatic rings. The van der Waals surface area contributed by atoms with Crippen LogP contribution in [0.15, 0.2) is 89.7 Å². The molecule has 3 aliphatic heterocycles. The summed E-state index contributed by atoms with van der Waals surface area (Å²) in [6.45, 7) is 4.66. The van der Waals surface area contributed by atoms with Crippen molar-refractivity contribution in [2.24, 2.45) is 4.99 Å². The Hall–Kier alpha value is -3.91. The molecule has 1 atom stereocenters. The van der Waals surface area contributed by atoms with Crippen molar-refractivity contribution >= 4 is 11.6 Å². The largest absolute Gasteiger partial charge is 0.494 e. The number of morpholine rings is 1. The number of benzene rings is 1. The summed E-state index contributed by atoms with van der Waals surface area (Å²) in [7, 11) is 0. The van der Waals surface area contributed by atoms with Crippen molar-refractivity contribution < 1.29 is 9.47 Å². The van der Waals surface area contributed by atoms with Crippen molar-refractivity contribution in [3.63, 3.8) is 0 Å². The standard InChI is InChI=1S/C29H32N6O2/c1-6-23(20-25(7-1)37-17-3-5-22-4-2-11-31-21-22)27-26-10-14-35(24-8-12-30-13-9-24)28(26)33-29(32-27)34-15-18-36-19-16-34/h1-2,4,6-9,11-13,20-21,27H,3,5,10,14-19H2,(H,32,33). The number of aryl methyl sites for hydroxylation is 1. The topological polar surface area (TPSA) is 75.1 Å². The average Bonchev–Trinajstić information content (AvgIpc) is 3.41. The van der Waals surface area contributed by atoms with E-state index in [4.69, 9.17) is 14.5 Å². The highest BCUT2D eigenvalue weighted by Gasteiger charge is 2.35. The maximum absolute atomic E-state index is 6.17. The fraction of sp³-hybridized carbons (Fsp3) is 0.345. The van der Waals surface area contributed by atoms with Gasteiger partial charge in [0.25, 0.3) is 0 Å². The molecule has 0 amide bonds. The minimum absolute atomic E-state index is 0.0381. The Morgan fingerprint density at radius 1 is 0.973 bits per heavy atom. The lowest BCUT2D eigenvalue weighted by molar-refractivity contribution is 0.0661. The zero-order valence-electron chi connectivity index (χ0n) is 20.9. The Morgan fingerprint density at radius 2 is 1.86 bits per heavy atom. The highest BCUT2D eigenvalue weighted by Crippen LogP contribution is 2.39. The van der Waals surface area contributed by atoms with Crippen LogP contribution in [-0.2, 0) is 11.2 Å². The van der Waals surface area contributed by atoms with Gasteiger partial charge in [-0.2, -0.15) is 4.99 Å². The Morgan fingerprint density at radius 3 is 2.70 bits per heavy atom. The first-order valence-corrected chi connectivity index (χ1v) is 13.1. The number of ether oxygens (including phenoxy) is 2. The third-order valence-corrected chi connectivity index (χ3v) is 7.06. The molecule has 0 saturated carbocycles. The predicted octanol–water partition coefficient (Wildman–Crippen LogP) is 3.94. The van der Waals surface area contributed by atoms with Gasteiger partial charge in [-0.1, -0.05) is 18.2 Å². The van der Waals surface area contributed by atoms with Crippen molar-refractivity contribution in [2.75, 3.05) is 44.4 Å². The van der Waals surface area contributed by atoms with E-state index in [1.54, 1.807) is 0 Å². The fourth-order valence-corrected chi connectivity index (χ4v) is 5.17. The molecule has 0 aliphatic carbocycles. The number of hydrogen-bond donors (Lipinski definition) is 1. The van der Waals surface area contributed by atoms with Gasteiger partial charge in [0.2, 0.25) is 5.96 Å². The molecular weight excluding hydrogens is 464 g/mol. The summed E-state index contributed by atoms with van der Waals surface area (Å²) < 4.78 is 11.8. The second-order valence-corrected chi connectivity index (χ2v) is 9.45. The molecular formula is C29H32N6O2. The molecule has 1 N–H and O–H groups in total. The lowest BCUT2D eigenvalue weighted by atomic mass is 9.96. The van der Waals surface area contributed by atoms with Crippen LogP contribution in [-0.4, -0.2) is 60.3 Å². The average molecular weight is 497 g/mol. The van der Waals surface area contributed by atoms with Crippen LogP contribution >= 0.6 is 0 Å². The molecule has 6 rings (SSSR count). The van der Waals surface area contributed by atoms with Gasteiger partial charge in [-0.3, -0.25) is 9.97 Å². The Kier molecular flexibility index (Phi) is 6.99. The summed E-state index contributed by atoms with van der Waals surface area (Å²) in [5, 5.41) is 3.76. The van der Waals surface area contributed by atoms with Gasteiger partial charge >= 0.3 is 0 Å². The van der Waals surface area contributed by atoms with E-state index in [9.17, 15) is 0 Å². The molecule has 1 fully saturated rings. The zero-order valence-corrected chi connectivity index (χ0v) is 20.9. The van der Waals surface area contributed by atoms with E-state index in [-0.39, 0.29) is 6.04 Å². The normalized spacial score (nSPS) is 19.4. The second kappa shape index (κ2) is 11.0. The zero-order chi connectivity index (χ0) is 24.9. The van der Waals surface area contributed by atoms with Crippen LogP contribution < -0.4 is 15.0 Å². The number of rotatable bonds is 7. The highest BCUT2D eigenvalue weighted by molar-refractivity contribution is 5.84. The van der Waals surface area contributed by atoms with Gasteiger partial charge in [-0.25, -0.2) is 0 Å². The van der Waals surface area contributed by atoms with Crippen LogP contribution in [0.4, 0.5) is 5.69 Å². The molecule has 0 bridgehead atoms. The molecule has 5 heterocycles. The predicted molar refractivity (Wildman–Crippen MR) is 143 cm³/mol. The van der Waals surface area contributed by atoms with Gasteiger partial charge in [0.15, 0.2) is 0 Å². The first-order valence-electron chi connectivity index (χ1n) is 13.1. The number of anilines is 1. The molecule has 1 unspecified atom stereocenters. The molecule has 0 spiro atoms. The Bertz CT molecular complexity index is 1260. The van der Waals surface area contributed by atoms with Gasteiger partial charge in [0.05, 0.1) is 25.9 Å². The van der Waals surface area contributed by atoms with E-state index in [0.717, 1.165) is 62.1 Å². The van der Waals surface area contributed by atoms with Gasteiger partial charge in [-0.15, -0.1) is 0 Å². The Labute approximate surface area is 217 Å². The lowest BCUT2D eigenvalue weighted by Gasteiger charge is -2.36. The van der Waals surface area contributed by atoms with Gasteiger partial charge < -0.3 is 24.6 Å². The maximum atomic E-state index is 6.17. The molecule has 37 heavy (non-hydrogen) atoms. The van der Waals surface area contributed by atoms with Crippen LogP contribution in [0.1, 0.15) is 30.0 Å². The van der Waals surface area contributed by atoms with Crippen molar-refractivity contribution in [1.82, 2.24) is 20.2 Å². The van der Waals surface area contributed by atoms with E-state index < -0.39 is 0 Å². The van der Waals surface area contributed by atoms with Crippen LogP contribution in [0.3, 0.4) is 0 Å². The van der Waals surface area contributed by atoms with Crippen molar-refractivity contribution in [3.05, 3.63) is 95.8 Å². The third kappa shape index (κ3) is 5.29. The summed E-state index contributed by atoms with van der Waals surface area (Å²) >= 11 is 0. The molecule has 8 heteroatoms. The minimum Gasteiger partial charge on any atom is -0.494 e. The minimum atomic E-state index is 0.0381. The van der Waals surface area contributed by atoms with Crippen LogP contribution in [0.5, 0.6) is 5.75 Å². The molecule has 8 nitrogen and oxygen atoms in total. The molecule has 1 saturated heterocycles. The Balaban J connectivity index is 1.23. The van der Waals surface area contributed by atoms with Crippen molar-refractivity contribution in [1.29, 1.82) is 0 Å². The molecule has 190 valence electrons. The van der Waals surface area contributed by atoms with Gasteiger partial charge in [0, 0.05) is 55.7 Å². The number of guanidine groups is 1. The number of aromatic nitrogens is 2. The number of pyridine rings is 2. The quantitative estimate of drug-likeness (QED) is 0.497. The summed E-state index contributed by atoms with van der Waals surface area (Å²) in [5.74, 6) is 2.85. The number of nitrogens with zero attached hydrogens (tertiary/aromatic N) is 5. The van der Waals surface area contributed by atoms with Gasteiger partial charge in [0.1, 0.15) is 11.6 Å². The molecule has 2 aromatic heterocycles. The van der Waals surface area contributed by atoms with Crippen LogP contribution in [0.25, 0.3) is 0 Å². The number of hydrogen-bond acceptors (Lipinski definition) is 8. The van der Waals surface area contributed by atoms with E-state index in [2.05, 4.69) is 61.5 Å². The fourth-order valence-electron chi connectivity index (χ4n) is 5.17. The van der Waals surface area contributed by atoms with E-state index in [0.29, 0.717) is 19.8 Å². The van der Waals surface area contributed by atoms with Crippen LogP contribution in [0, 0.1) is 0 Å². The summed E-state index contributed by atoms with van der Waals surface area (Å²) in [6.07, 6.45) is 10.3.